The molecule has 0 aliphatic heterocycles. The molecule has 0 fully saturated rings. The molecule has 3 aromatic rings. The van der Waals surface area contributed by atoms with Crippen molar-refractivity contribution in [3.05, 3.63) is 59.0 Å². The first-order chi connectivity index (χ1) is 10.1. The lowest BCUT2D eigenvalue weighted by Gasteiger charge is -2.07. The predicted octanol–water partition coefficient (Wildman–Crippen LogP) is 4.12. The van der Waals surface area contributed by atoms with Gasteiger partial charge in [0.05, 0.1) is 5.69 Å². The molecule has 0 aliphatic rings. The molecule has 0 saturated carbocycles. The summed E-state index contributed by atoms with van der Waals surface area (Å²) in [6.45, 7) is 4.97. The Balaban J connectivity index is 1.84. The van der Waals surface area contributed by atoms with Gasteiger partial charge in [-0.05, 0) is 29.7 Å². The van der Waals surface area contributed by atoms with E-state index in [1.807, 2.05) is 35.0 Å². The molecule has 0 aliphatic carbocycles. The van der Waals surface area contributed by atoms with E-state index in [1.54, 1.807) is 6.20 Å². The second kappa shape index (κ2) is 5.74. The molecule has 108 valence electrons. The Hall–Kier alpha value is -2.07. The molecular formula is C16H17ClN4. The molecule has 5 heteroatoms. The summed E-state index contributed by atoms with van der Waals surface area (Å²) in [6, 6.07) is 9.88. The Morgan fingerprint density at radius 2 is 2.00 bits per heavy atom. The third-order valence-electron chi connectivity index (χ3n) is 3.37. The quantitative estimate of drug-likeness (QED) is 0.788. The van der Waals surface area contributed by atoms with E-state index in [2.05, 4.69) is 35.3 Å². The molecule has 21 heavy (non-hydrogen) atoms. The molecule has 0 atom stereocenters. The number of nitrogens with zero attached hydrogens (tertiary/aromatic N) is 3. The Morgan fingerprint density at radius 3 is 2.71 bits per heavy atom. The summed E-state index contributed by atoms with van der Waals surface area (Å²) in [7, 11) is 0. The molecule has 0 radical (unpaired) electrons. The number of halogens is 1. The number of fused-ring (bicyclic) bond motifs is 1. The third kappa shape index (κ3) is 3.00. The van der Waals surface area contributed by atoms with Crippen LogP contribution in [0.15, 0.2) is 42.7 Å². The van der Waals surface area contributed by atoms with Gasteiger partial charge in [0, 0.05) is 24.0 Å². The summed E-state index contributed by atoms with van der Waals surface area (Å²) in [5.41, 5.74) is 3.22. The number of aromatic nitrogens is 3. The van der Waals surface area contributed by atoms with Crippen LogP contribution in [0.1, 0.15) is 31.0 Å². The zero-order chi connectivity index (χ0) is 14.8. The van der Waals surface area contributed by atoms with Crippen LogP contribution in [0.5, 0.6) is 0 Å². The maximum Gasteiger partial charge on any atom is 0.152 e. The molecule has 0 bridgehead atoms. The topological polar surface area (TPSA) is 42.2 Å². The van der Waals surface area contributed by atoms with Gasteiger partial charge in [0.25, 0.3) is 0 Å². The third-order valence-corrected chi connectivity index (χ3v) is 3.63. The fourth-order valence-electron chi connectivity index (χ4n) is 2.15. The van der Waals surface area contributed by atoms with E-state index in [1.165, 1.54) is 0 Å². The zero-order valence-electron chi connectivity index (χ0n) is 12.0. The molecule has 0 saturated heterocycles. The summed E-state index contributed by atoms with van der Waals surface area (Å²) in [5.74, 6) is 1.24. The molecule has 1 N–H and O–H groups in total. The van der Waals surface area contributed by atoms with Gasteiger partial charge in [0.2, 0.25) is 0 Å². The number of benzene rings is 1. The lowest BCUT2D eigenvalue weighted by atomic mass is 10.1. The predicted molar refractivity (Wildman–Crippen MR) is 85.9 cm³/mol. The standard InChI is InChI=1S/C16H17ClN4/c1-11(2)14-9-15-16(18-7-8-21(15)20-14)19-10-12-3-5-13(17)6-4-12/h3-9,11H,10H2,1-2H3,(H,18,19). The molecule has 1 aromatic carbocycles. The first-order valence-corrected chi connectivity index (χ1v) is 7.34. The van der Waals surface area contributed by atoms with Gasteiger partial charge in [-0.15, -0.1) is 0 Å². The first-order valence-electron chi connectivity index (χ1n) is 6.96. The van der Waals surface area contributed by atoms with Gasteiger partial charge in [-0.1, -0.05) is 37.6 Å². The van der Waals surface area contributed by atoms with Gasteiger partial charge in [0.15, 0.2) is 5.82 Å². The van der Waals surface area contributed by atoms with Crippen LogP contribution in [0.25, 0.3) is 5.52 Å². The van der Waals surface area contributed by atoms with Crippen LogP contribution >= 0.6 is 11.6 Å². The van der Waals surface area contributed by atoms with Crippen LogP contribution < -0.4 is 5.32 Å². The zero-order valence-corrected chi connectivity index (χ0v) is 12.8. The second-order valence-corrected chi connectivity index (χ2v) is 5.75. The average Bonchev–Trinajstić information content (AvgIpc) is 2.91. The largest absolute Gasteiger partial charge is 0.364 e. The molecule has 0 spiro atoms. The van der Waals surface area contributed by atoms with Crippen LogP contribution in [0.4, 0.5) is 5.82 Å². The van der Waals surface area contributed by atoms with Crippen molar-refractivity contribution in [3.8, 4) is 0 Å². The van der Waals surface area contributed by atoms with Crippen molar-refractivity contribution in [2.75, 3.05) is 5.32 Å². The van der Waals surface area contributed by atoms with E-state index in [-0.39, 0.29) is 0 Å². The van der Waals surface area contributed by atoms with Crippen molar-refractivity contribution in [2.45, 2.75) is 26.3 Å². The van der Waals surface area contributed by atoms with E-state index >= 15 is 0 Å². The van der Waals surface area contributed by atoms with E-state index in [0.29, 0.717) is 12.5 Å². The molecule has 0 amide bonds. The first kappa shape index (κ1) is 13.9. The molecule has 2 aromatic heterocycles. The Bertz CT molecular complexity index is 747. The normalized spacial score (nSPS) is 11.2. The Kier molecular flexibility index (Phi) is 3.80. The van der Waals surface area contributed by atoms with Gasteiger partial charge in [0.1, 0.15) is 5.52 Å². The van der Waals surface area contributed by atoms with Crippen molar-refractivity contribution in [1.82, 2.24) is 14.6 Å². The molecule has 3 rings (SSSR count). The summed E-state index contributed by atoms with van der Waals surface area (Å²) in [6.07, 6.45) is 3.63. The SMILES string of the molecule is CC(C)c1cc2c(NCc3ccc(Cl)cc3)nccn2n1. The van der Waals surface area contributed by atoms with Gasteiger partial charge in [-0.2, -0.15) is 5.10 Å². The summed E-state index contributed by atoms with van der Waals surface area (Å²) in [5, 5.41) is 8.67. The fraction of sp³-hybridized carbons (Fsp3) is 0.250. The Morgan fingerprint density at radius 1 is 1.24 bits per heavy atom. The molecular weight excluding hydrogens is 284 g/mol. The monoisotopic (exact) mass is 300 g/mol. The van der Waals surface area contributed by atoms with Crippen LogP contribution in [0, 0.1) is 0 Å². The Labute approximate surface area is 128 Å². The molecule has 0 unspecified atom stereocenters. The van der Waals surface area contributed by atoms with Crippen molar-refractivity contribution >= 4 is 22.9 Å². The second-order valence-electron chi connectivity index (χ2n) is 5.31. The maximum atomic E-state index is 5.89. The van der Waals surface area contributed by atoms with E-state index < -0.39 is 0 Å². The summed E-state index contributed by atoms with van der Waals surface area (Å²) >= 11 is 5.89. The highest BCUT2D eigenvalue weighted by Gasteiger charge is 2.09. The van der Waals surface area contributed by atoms with Gasteiger partial charge in [-0.25, -0.2) is 9.50 Å². The maximum absolute atomic E-state index is 5.89. The van der Waals surface area contributed by atoms with Crippen molar-refractivity contribution in [1.29, 1.82) is 0 Å². The molecule has 2 heterocycles. The number of nitrogens with one attached hydrogen (secondary N) is 1. The van der Waals surface area contributed by atoms with Crippen LogP contribution in [0.3, 0.4) is 0 Å². The highest BCUT2D eigenvalue weighted by atomic mass is 35.5. The minimum absolute atomic E-state index is 0.397. The van der Waals surface area contributed by atoms with E-state index in [0.717, 1.165) is 27.6 Å². The van der Waals surface area contributed by atoms with Gasteiger partial charge >= 0.3 is 0 Å². The van der Waals surface area contributed by atoms with E-state index in [4.69, 9.17) is 11.6 Å². The lowest BCUT2D eigenvalue weighted by molar-refractivity contribution is 0.787. The highest BCUT2D eigenvalue weighted by molar-refractivity contribution is 6.30. The number of anilines is 1. The van der Waals surface area contributed by atoms with E-state index in [9.17, 15) is 0 Å². The van der Waals surface area contributed by atoms with Crippen LogP contribution in [-0.4, -0.2) is 14.6 Å². The highest BCUT2D eigenvalue weighted by Crippen LogP contribution is 2.20. The van der Waals surface area contributed by atoms with Gasteiger partial charge in [-0.3, -0.25) is 0 Å². The fourth-order valence-corrected chi connectivity index (χ4v) is 2.27. The summed E-state index contributed by atoms with van der Waals surface area (Å²) < 4.78 is 1.87. The smallest absolute Gasteiger partial charge is 0.152 e. The van der Waals surface area contributed by atoms with Crippen LogP contribution in [-0.2, 0) is 6.54 Å². The van der Waals surface area contributed by atoms with Gasteiger partial charge < -0.3 is 5.32 Å². The summed E-state index contributed by atoms with van der Waals surface area (Å²) in [4.78, 5) is 4.41. The van der Waals surface area contributed by atoms with Crippen LogP contribution in [0.2, 0.25) is 5.02 Å². The number of rotatable bonds is 4. The molecule has 4 nitrogen and oxygen atoms in total. The van der Waals surface area contributed by atoms with Crippen molar-refractivity contribution in [2.24, 2.45) is 0 Å². The van der Waals surface area contributed by atoms with Crippen molar-refractivity contribution in [3.63, 3.8) is 0 Å². The number of hydrogen-bond donors (Lipinski definition) is 1. The average molecular weight is 301 g/mol. The lowest BCUT2D eigenvalue weighted by Crippen LogP contribution is -2.03. The minimum atomic E-state index is 0.397. The van der Waals surface area contributed by atoms with Crippen molar-refractivity contribution < 1.29 is 0 Å². The number of hydrogen-bond acceptors (Lipinski definition) is 3. The minimum Gasteiger partial charge on any atom is -0.364 e.